The molecule has 0 fully saturated rings. The van der Waals surface area contributed by atoms with Crippen LogP contribution in [0.25, 0.3) is 0 Å². The fourth-order valence-electron chi connectivity index (χ4n) is 1.99. The predicted octanol–water partition coefficient (Wildman–Crippen LogP) is 4.50. The molecule has 0 spiro atoms. The van der Waals surface area contributed by atoms with Crippen LogP contribution in [-0.2, 0) is 0 Å². The number of anilines is 1. The van der Waals surface area contributed by atoms with Crippen molar-refractivity contribution in [2.45, 2.75) is 52.0 Å². The van der Waals surface area contributed by atoms with E-state index in [2.05, 4.69) is 12.2 Å². The highest BCUT2D eigenvalue weighted by molar-refractivity contribution is 5.61. The predicted molar refractivity (Wildman–Crippen MR) is 74.9 cm³/mol. The van der Waals surface area contributed by atoms with Crippen molar-refractivity contribution in [2.24, 2.45) is 0 Å². The van der Waals surface area contributed by atoms with Crippen LogP contribution in [0.5, 0.6) is 0 Å². The molecule has 0 aromatic heterocycles. The first kappa shape index (κ1) is 15.4. The summed E-state index contributed by atoms with van der Waals surface area (Å²) in [7, 11) is 0. The van der Waals surface area contributed by atoms with Gasteiger partial charge in [0.05, 0.1) is 11.0 Å². The lowest BCUT2D eigenvalue weighted by Crippen LogP contribution is -2.16. The van der Waals surface area contributed by atoms with Crippen molar-refractivity contribution in [1.82, 2.24) is 0 Å². The highest BCUT2D eigenvalue weighted by atomic mass is 19.1. The Morgan fingerprint density at radius 2 is 2.11 bits per heavy atom. The van der Waals surface area contributed by atoms with Crippen LogP contribution in [0.4, 0.5) is 15.8 Å². The quantitative estimate of drug-likeness (QED) is 0.429. The monoisotopic (exact) mass is 268 g/mol. The lowest BCUT2D eigenvalue weighted by molar-refractivity contribution is -0.384. The highest BCUT2D eigenvalue weighted by Crippen LogP contribution is 2.26. The Bertz CT molecular complexity index is 424. The number of nitro groups is 1. The SMILES string of the molecule is CCCCCCC(C)Nc1ccc(F)cc1[N+](=O)[O-]. The molecule has 0 amide bonds. The van der Waals surface area contributed by atoms with E-state index < -0.39 is 10.7 Å². The van der Waals surface area contributed by atoms with Gasteiger partial charge in [0.2, 0.25) is 0 Å². The van der Waals surface area contributed by atoms with Crippen LogP contribution in [0.2, 0.25) is 0 Å². The second-order valence-corrected chi connectivity index (χ2v) is 4.81. The maximum Gasteiger partial charge on any atom is 0.295 e. The number of unbranched alkanes of at least 4 members (excludes halogenated alkanes) is 3. The Morgan fingerprint density at radius 3 is 2.74 bits per heavy atom. The van der Waals surface area contributed by atoms with Gasteiger partial charge in [-0.2, -0.15) is 0 Å². The summed E-state index contributed by atoms with van der Waals surface area (Å²) in [6.07, 6.45) is 5.62. The summed E-state index contributed by atoms with van der Waals surface area (Å²) in [5, 5.41) is 13.9. The molecule has 0 aliphatic carbocycles. The summed E-state index contributed by atoms with van der Waals surface area (Å²) in [5.41, 5.74) is 0.176. The van der Waals surface area contributed by atoms with Crippen molar-refractivity contribution >= 4 is 11.4 Å². The van der Waals surface area contributed by atoms with Crippen molar-refractivity contribution in [3.05, 3.63) is 34.1 Å². The first-order valence-corrected chi connectivity index (χ1v) is 6.75. The van der Waals surface area contributed by atoms with Gasteiger partial charge in [-0.1, -0.05) is 32.6 Å². The molecule has 0 heterocycles. The zero-order valence-corrected chi connectivity index (χ0v) is 11.5. The molecular formula is C14H21FN2O2. The van der Waals surface area contributed by atoms with Crippen LogP contribution >= 0.6 is 0 Å². The van der Waals surface area contributed by atoms with Crippen molar-refractivity contribution in [3.8, 4) is 0 Å². The third kappa shape index (κ3) is 5.24. The van der Waals surface area contributed by atoms with E-state index in [9.17, 15) is 14.5 Å². The Hall–Kier alpha value is -1.65. The van der Waals surface area contributed by atoms with Gasteiger partial charge in [0, 0.05) is 6.04 Å². The molecule has 0 radical (unpaired) electrons. The number of nitrogens with one attached hydrogen (secondary N) is 1. The average molecular weight is 268 g/mol. The molecule has 0 bridgehead atoms. The first-order valence-electron chi connectivity index (χ1n) is 6.75. The number of rotatable bonds is 8. The number of hydrogen-bond donors (Lipinski definition) is 1. The molecule has 106 valence electrons. The lowest BCUT2D eigenvalue weighted by Gasteiger charge is -2.15. The molecule has 0 saturated heterocycles. The Labute approximate surface area is 113 Å². The fraction of sp³-hybridized carbons (Fsp3) is 0.571. The second kappa shape index (κ2) is 7.71. The smallest absolute Gasteiger partial charge is 0.295 e. The molecule has 1 unspecified atom stereocenters. The summed E-state index contributed by atoms with van der Waals surface area (Å²) in [5.74, 6) is -0.590. The normalized spacial score (nSPS) is 12.2. The van der Waals surface area contributed by atoms with Crippen LogP contribution in [0.3, 0.4) is 0 Å². The Balaban J connectivity index is 2.58. The third-order valence-electron chi connectivity index (χ3n) is 3.05. The lowest BCUT2D eigenvalue weighted by atomic mass is 10.1. The number of nitrogens with zero attached hydrogens (tertiary/aromatic N) is 1. The van der Waals surface area contributed by atoms with E-state index in [1.165, 1.54) is 31.4 Å². The van der Waals surface area contributed by atoms with E-state index in [-0.39, 0.29) is 11.7 Å². The maximum absolute atomic E-state index is 13.0. The van der Waals surface area contributed by atoms with Crippen molar-refractivity contribution < 1.29 is 9.31 Å². The molecule has 0 saturated carbocycles. The van der Waals surface area contributed by atoms with E-state index in [1.807, 2.05) is 6.92 Å². The standard InChI is InChI=1S/C14H21FN2O2/c1-3-4-5-6-7-11(2)16-13-9-8-12(15)10-14(13)17(18)19/h8-11,16H,3-7H2,1-2H3. The minimum absolute atomic E-state index is 0.140. The van der Waals surface area contributed by atoms with Crippen LogP contribution in [-0.4, -0.2) is 11.0 Å². The molecule has 1 aromatic rings. The van der Waals surface area contributed by atoms with Gasteiger partial charge in [-0.15, -0.1) is 0 Å². The van der Waals surface area contributed by atoms with Crippen molar-refractivity contribution in [1.29, 1.82) is 0 Å². The van der Waals surface area contributed by atoms with Crippen LogP contribution in [0.1, 0.15) is 46.0 Å². The Kier molecular flexibility index (Phi) is 6.25. The summed E-state index contributed by atoms with van der Waals surface area (Å²) in [4.78, 5) is 10.3. The summed E-state index contributed by atoms with van der Waals surface area (Å²) in [6.45, 7) is 4.14. The number of benzene rings is 1. The molecule has 1 rings (SSSR count). The average Bonchev–Trinajstić information content (AvgIpc) is 2.36. The molecular weight excluding hydrogens is 247 g/mol. The molecule has 0 aliphatic rings. The van der Waals surface area contributed by atoms with Crippen molar-refractivity contribution in [2.75, 3.05) is 5.32 Å². The van der Waals surface area contributed by atoms with Gasteiger partial charge in [-0.05, 0) is 25.5 Å². The summed E-state index contributed by atoms with van der Waals surface area (Å²) < 4.78 is 13.0. The van der Waals surface area contributed by atoms with E-state index >= 15 is 0 Å². The van der Waals surface area contributed by atoms with Crippen LogP contribution in [0.15, 0.2) is 18.2 Å². The van der Waals surface area contributed by atoms with E-state index in [0.717, 1.165) is 18.9 Å². The van der Waals surface area contributed by atoms with Crippen LogP contribution in [0, 0.1) is 15.9 Å². The minimum Gasteiger partial charge on any atom is -0.377 e. The minimum atomic E-state index is -0.590. The fourth-order valence-corrected chi connectivity index (χ4v) is 1.99. The van der Waals surface area contributed by atoms with Gasteiger partial charge in [-0.25, -0.2) is 4.39 Å². The van der Waals surface area contributed by atoms with E-state index in [1.54, 1.807) is 0 Å². The molecule has 19 heavy (non-hydrogen) atoms. The molecule has 5 heteroatoms. The van der Waals surface area contributed by atoms with E-state index in [4.69, 9.17) is 0 Å². The van der Waals surface area contributed by atoms with E-state index in [0.29, 0.717) is 5.69 Å². The summed E-state index contributed by atoms with van der Waals surface area (Å²) in [6, 6.07) is 3.75. The second-order valence-electron chi connectivity index (χ2n) is 4.81. The maximum atomic E-state index is 13.0. The van der Waals surface area contributed by atoms with Gasteiger partial charge in [0.25, 0.3) is 5.69 Å². The van der Waals surface area contributed by atoms with Gasteiger partial charge in [-0.3, -0.25) is 10.1 Å². The van der Waals surface area contributed by atoms with Gasteiger partial charge >= 0.3 is 0 Å². The summed E-state index contributed by atoms with van der Waals surface area (Å²) >= 11 is 0. The first-order chi connectivity index (χ1) is 9.04. The molecule has 4 nitrogen and oxygen atoms in total. The molecule has 1 N–H and O–H groups in total. The number of halogens is 1. The van der Waals surface area contributed by atoms with Gasteiger partial charge in [0.1, 0.15) is 11.5 Å². The van der Waals surface area contributed by atoms with Crippen molar-refractivity contribution in [3.63, 3.8) is 0 Å². The zero-order chi connectivity index (χ0) is 14.3. The number of hydrogen-bond acceptors (Lipinski definition) is 3. The highest BCUT2D eigenvalue weighted by Gasteiger charge is 2.16. The van der Waals surface area contributed by atoms with Gasteiger partial charge < -0.3 is 5.32 Å². The largest absolute Gasteiger partial charge is 0.377 e. The zero-order valence-electron chi connectivity index (χ0n) is 11.5. The molecule has 1 aromatic carbocycles. The third-order valence-corrected chi connectivity index (χ3v) is 3.05. The molecule has 1 atom stereocenters. The Morgan fingerprint density at radius 1 is 1.37 bits per heavy atom. The van der Waals surface area contributed by atoms with Gasteiger partial charge in [0.15, 0.2) is 0 Å². The molecule has 0 aliphatic heterocycles. The topological polar surface area (TPSA) is 55.2 Å². The van der Waals surface area contributed by atoms with Crippen LogP contribution < -0.4 is 5.32 Å². The number of nitro benzene ring substituents is 1.